The first-order valence-corrected chi connectivity index (χ1v) is 7.15. The second kappa shape index (κ2) is 6.87. The van der Waals surface area contributed by atoms with Gasteiger partial charge in [-0.2, -0.15) is 0 Å². The monoisotopic (exact) mass is 294 g/mol. The molecule has 0 saturated heterocycles. The third kappa shape index (κ3) is 3.15. The number of methoxy groups -OCH3 is 1. The largest absolute Gasteiger partial charge is 0.496 e. The smallest absolute Gasteiger partial charge is 0.151 e. The standard InChI is InChI=1S/C17H18N4O/c1-22-16-10-6-5-7-14(16)11-18-12-17-20-19-13-21(17)15-8-3-2-4-9-15/h2-10,13,18H,11-12H2,1H3. The molecule has 0 spiro atoms. The lowest BCUT2D eigenvalue weighted by Gasteiger charge is -2.10. The molecule has 3 aromatic rings. The Kier molecular flexibility index (Phi) is 4.46. The average molecular weight is 294 g/mol. The molecular formula is C17H18N4O. The summed E-state index contributed by atoms with van der Waals surface area (Å²) in [5.74, 6) is 1.76. The molecule has 0 aliphatic heterocycles. The van der Waals surface area contributed by atoms with Gasteiger partial charge in [0.2, 0.25) is 0 Å². The maximum absolute atomic E-state index is 5.35. The highest BCUT2D eigenvalue weighted by Gasteiger charge is 2.06. The van der Waals surface area contributed by atoms with Gasteiger partial charge in [-0.05, 0) is 18.2 Å². The van der Waals surface area contributed by atoms with Crippen molar-refractivity contribution >= 4 is 0 Å². The molecule has 5 nitrogen and oxygen atoms in total. The second-order valence-corrected chi connectivity index (χ2v) is 4.87. The minimum Gasteiger partial charge on any atom is -0.496 e. The molecule has 1 aromatic heterocycles. The molecule has 0 bridgehead atoms. The van der Waals surface area contributed by atoms with Crippen molar-refractivity contribution in [3.63, 3.8) is 0 Å². The molecule has 0 fully saturated rings. The highest BCUT2D eigenvalue weighted by molar-refractivity contribution is 5.33. The van der Waals surface area contributed by atoms with Gasteiger partial charge in [0.1, 0.15) is 12.1 Å². The van der Waals surface area contributed by atoms with E-state index in [1.807, 2.05) is 59.2 Å². The maximum Gasteiger partial charge on any atom is 0.151 e. The molecule has 3 rings (SSSR count). The van der Waals surface area contributed by atoms with Gasteiger partial charge in [0, 0.05) is 17.8 Å². The zero-order valence-corrected chi connectivity index (χ0v) is 12.4. The Hall–Kier alpha value is -2.66. The summed E-state index contributed by atoms with van der Waals surface area (Å²) in [6.45, 7) is 1.35. The minimum atomic E-state index is 0.632. The Morgan fingerprint density at radius 2 is 1.77 bits per heavy atom. The fourth-order valence-corrected chi connectivity index (χ4v) is 2.34. The lowest BCUT2D eigenvalue weighted by Crippen LogP contribution is -2.16. The normalized spacial score (nSPS) is 10.6. The predicted octanol–water partition coefficient (Wildman–Crippen LogP) is 2.57. The van der Waals surface area contributed by atoms with Gasteiger partial charge in [0.15, 0.2) is 5.82 Å². The van der Waals surface area contributed by atoms with Crippen molar-refractivity contribution in [3.8, 4) is 11.4 Å². The predicted molar refractivity (Wildman–Crippen MR) is 84.9 cm³/mol. The van der Waals surface area contributed by atoms with Gasteiger partial charge >= 0.3 is 0 Å². The molecule has 0 unspecified atom stereocenters. The molecule has 0 amide bonds. The lowest BCUT2D eigenvalue weighted by atomic mass is 10.2. The SMILES string of the molecule is COc1ccccc1CNCc1nncn1-c1ccccc1. The third-order valence-electron chi connectivity index (χ3n) is 3.44. The van der Waals surface area contributed by atoms with Crippen LogP contribution < -0.4 is 10.1 Å². The van der Waals surface area contributed by atoms with Crippen LogP contribution in [0.4, 0.5) is 0 Å². The van der Waals surface area contributed by atoms with Crippen LogP contribution in [-0.4, -0.2) is 21.9 Å². The van der Waals surface area contributed by atoms with E-state index in [1.165, 1.54) is 0 Å². The number of rotatable bonds is 6. The van der Waals surface area contributed by atoms with Crippen molar-refractivity contribution in [2.75, 3.05) is 7.11 Å². The lowest BCUT2D eigenvalue weighted by molar-refractivity contribution is 0.407. The van der Waals surface area contributed by atoms with Gasteiger partial charge < -0.3 is 10.1 Å². The summed E-state index contributed by atoms with van der Waals surface area (Å²) in [5.41, 5.74) is 2.18. The molecule has 0 atom stereocenters. The quantitative estimate of drug-likeness (QED) is 0.759. The van der Waals surface area contributed by atoms with Crippen LogP contribution in [0.1, 0.15) is 11.4 Å². The number of nitrogens with zero attached hydrogens (tertiary/aromatic N) is 3. The fraction of sp³-hybridized carbons (Fsp3) is 0.176. The van der Waals surface area contributed by atoms with Crippen LogP contribution in [0.15, 0.2) is 60.9 Å². The highest BCUT2D eigenvalue weighted by Crippen LogP contribution is 2.17. The minimum absolute atomic E-state index is 0.632. The first kappa shape index (κ1) is 14.3. The summed E-state index contributed by atoms with van der Waals surface area (Å²) in [6.07, 6.45) is 1.73. The van der Waals surface area contributed by atoms with Crippen LogP contribution >= 0.6 is 0 Å². The van der Waals surface area contributed by atoms with Crippen LogP contribution in [0, 0.1) is 0 Å². The first-order chi connectivity index (χ1) is 10.9. The molecule has 0 saturated carbocycles. The van der Waals surface area contributed by atoms with Gasteiger partial charge in [-0.15, -0.1) is 10.2 Å². The van der Waals surface area contributed by atoms with Crippen molar-refractivity contribution in [1.82, 2.24) is 20.1 Å². The fourth-order valence-electron chi connectivity index (χ4n) is 2.34. The van der Waals surface area contributed by atoms with E-state index in [0.717, 1.165) is 22.8 Å². The zero-order valence-electron chi connectivity index (χ0n) is 12.4. The number of para-hydroxylation sites is 2. The van der Waals surface area contributed by atoms with Crippen LogP contribution in [0.25, 0.3) is 5.69 Å². The van der Waals surface area contributed by atoms with Crippen molar-refractivity contribution < 1.29 is 4.74 Å². The molecule has 0 aliphatic carbocycles. The Labute approximate surface area is 129 Å². The Morgan fingerprint density at radius 1 is 1.00 bits per heavy atom. The third-order valence-corrected chi connectivity index (χ3v) is 3.44. The van der Waals surface area contributed by atoms with Gasteiger partial charge in [-0.25, -0.2) is 0 Å². The molecule has 112 valence electrons. The summed E-state index contributed by atoms with van der Waals surface area (Å²) in [7, 11) is 1.69. The van der Waals surface area contributed by atoms with E-state index in [1.54, 1.807) is 13.4 Å². The number of ether oxygens (including phenoxy) is 1. The zero-order chi connectivity index (χ0) is 15.2. The molecule has 5 heteroatoms. The summed E-state index contributed by atoms with van der Waals surface area (Å²) in [6, 6.07) is 18.0. The summed E-state index contributed by atoms with van der Waals surface area (Å²) < 4.78 is 7.33. The Morgan fingerprint density at radius 3 is 2.59 bits per heavy atom. The van der Waals surface area contributed by atoms with Crippen LogP contribution in [0.5, 0.6) is 5.75 Å². The van der Waals surface area contributed by atoms with E-state index in [-0.39, 0.29) is 0 Å². The van der Waals surface area contributed by atoms with Gasteiger partial charge in [-0.3, -0.25) is 4.57 Å². The highest BCUT2D eigenvalue weighted by atomic mass is 16.5. The Balaban J connectivity index is 1.67. The number of benzene rings is 2. The molecule has 1 N–H and O–H groups in total. The van der Waals surface area contributed by atoms with Gasteiger partial charge in [0.05, 0.1) is 13.7 Å². The summed E-state index contributed by atoms with van der Waals surface area (Å²) in [4.78, 5) is 0. The number of hydrogen-bond donors (Lipinski definition) is 1. The summed E-state index contributed by atoms with van der Waals surface area (Å²) in [5, 5.41) is 11.6. The number of nitrogens with one attached hydrogen (secondary N) is 1. The molecule has 0 radical (unpaired) electrons. The topological polar surface area (TPSA) is 52.0 Å². The average Bonchev–Trinajstić information content (AvgIpc) is 3.04. The van der Waals surface area contributed by atoms with E-state index < -0.39 is 0 Å². The van der Waals surface area contributed by atoms with Crippen molar-refractivity contribution in [1.29, 1.82) is 0 Å². The van der Waals surface area contributed by atoms with E-state index in [0.29, 0.717) is 13.1 Å². The van der Waals surface area contributed by atoms with E-state index in [4.69, 9.17) is 4.74 Å². The van der Waals surface area contributed by atoms with E-state index in [9.17, 15) is 0 Å². The Bertz CT molecular complexity index is 724. The second-order valence-electron chi connectivity index (χ2n) is 4.87. The molecular weight excluding hydrogens is 276 g/mol. The summed E-state index contributed by atoms with van der Waals surface area (Å²) >= 11 is 0. The van der Waals surface area contributed by atoms with Crippen molar-refractivity contribution in [2.45, 2.75) is 13.1 Å². The molecule has 2 aromatic carbocycles. The van der Waals surface area contributed by atoms with E-state index in [2.05, 4.69) is 15.5 Å². The van der Waals surface area contributed by atoms with Crippen molar-refractivity contribution in [2.24, 2.45) is 0 Å². The number of aromatic nitrogens is 3. The molecule has 1 heterocycles. The van der Waals surface area contributed by atoms with Gasteiger partial charge in [0.25, 0.3) is 0 Å². The van der Waals surface area contributed by atoms with Crippen molar-refractivity contribution in [3.05, 3.63) is 72.3 Å². The number of hydrogen-bond acceptors (Lipinski definition) is 4. The van der Waals surface area contributed by atoms with E-state index >= 15 is 0 Å². The van der Waals surface area contributed by atoms with Crippen LogP contribution in [-0.2, 0) is 13.1 Å². The first-order valence-electron chi connectivity index (χ1n) is 7.15. The molecule has 0 aliphatic rings. The van der Waals surface area contributed by atoms with Gasteiger partial charge in [-0.1, -0.05) is 36.4 Å². The molecule has 22 heavy (non-hydrogen) atoms. The van der Waals surface area contributed by atoms with Crippen LogP contribution in [0.3, 0.4) is 0 Å². The van der Waals surface area contributed by atoms with Crippen LogP contribution in [0.2, 0.25) is 0 Å². The maximum atomic E-state index is 5.35.